The lowest BCUT2D eigenvalue weighted by Crippen LogP contribution is -2.53. The van der Waals surface area contributed by atoms with E-state index >= 15 is 0 Å². The first-order chi connectivity index (χ1) is 15.0. The van der Waals surface area contributed by atoms with Crippen LogP contribution in [0, 0.1) is 5.92 Å². The number of nitrogens with one attached hydrogen (secondary N) is 3. The van der Waals surface area contributed by atoms with Crippen molar-refractivity contribution in [3.63, 3.8) is 0 Å². The molecular weight excluding hydrogens is 455 g/mol. The number of carbonyl (C=O) groups is 2. The van der Waals surface area contributed by atoms with Crippen LogP contribution in [0.2, 0.25) is 9.36 Å². The summed E-state index contributed by atoms with van der Waals surface area (Å²) in [6.45, 7) is 3.02. The van der Waals surface area contributed by atoms with Crippen molar-refractivity contribution in [2.24, 2.45) is 5.92 Å². The zero-order valence-electron chi connectivity index (χ0n) is 17.1. The average Bonchev–Trinajstić information content (AvgIpc) is 3.22. The number of benzene rings is 1. The van der Waals surface area contributed by atoms with Crippen LogP contribution in [0.5, 0.6) is 0 Å². The topological polar surface area (TPSA) is 73.5 Å². The second kappa shape index (κ2) is 10.2. The number of rotatable bonds is 4. The van der Waals surface area contributed by atoms with E-state index in [1.54, 1.807) is 24.3 Å². The van der Waals surface area contributed by atoms with Crippen LogP contribution in [0.4, 0.5) is 10.5 Å². The fraction of sp³-hybridized carbons (Fsp3) is 0.455. The molecule has 3 N–H and O–H groups in total. The molecule has 31 heavy (non-hydrogen) atoms. The lowest BCUT2D eigenvalue weighted by molar-refractivity contribution is -0.137. The highest BCUT2D eigenvalue weighted by atomic mass is 35.5. The quantitative estimate of drug-likeness (QED) is 0.600. The molecule has 2 aliphatic rings. The molecule has 2 aliphatic heterocycles. The molecule has 0 bridgehead atoms. The van der Waals surface area contributed by atoms with Gasteiger partial charge in [-0.2, -0.15) is 0 Å². The van der Waals surface area contributed by atoms with Crippen molar-refractivity contribution in [1.29, 1.82) is 0 Å². The molecule has 2 atom stereocenters. The van der Waals surface area contributed by atoms with Gasteiger partial charge in [0.25, 0.3) is 0 Å². The first-order valence-corrected chi connectivity index (χ1v) is 12.1. The van der Waals surface area contributed by atoms with Crippen LogP contribution in [0.15, 0.2) is 36.4 Å². The van der Waals surface area contributed by atoms with Crippen molar-refractivity contribution >= 4 is 52.2 Å². The number of hydrogen-bond donors (Lipinski definition) is 3. The van der Waals surface area contributed by atoms with E-state index in [1.165, 1.54) is 11.3 Å². The largest absolute Gasteiger partial charge is 0.342 e. The summed E-state index contributed by atoms with van der Waals surface area (Å²) < 4.78 is 0.709. The molecule has 1 aromatic carbocycles. The summed E-state index contributed by atoms with van der Waals surface area (Å²) in [6.07, 6.45) is 2.47. The van der Waals surface area contributed by atoms with Crippen LogP contribution in [0.1, 0.15) is 30.1 Å². The first kappa shape index (κ1) is 22.4. The molecule has 0 aliphatic carbocycles. The Hall–Kier alpha value is -1.80. The minimum atomic E-state index is -0.266. The van der Waals surface area contributed by atoms with E-state index in [2.05, 4.69) is 16.0 Å². The zero-order chi connectivity index (χ0) is 21.8. The Morgan fingerprint density at radius 1 is 1.03 bits per heavy atom. The van der Waals surface area contributed by atoms with Gasteiger partial charge in [-0.25, -0.2) is 4.79 Å². The summed E-state index contributed by atoms with van der Waals surface area (Å²) in [7, 11) is 0. The van der Waals surface area contributed by atoms with Gasteiger partial charge >= 0.3 is 6.03 Å². The summed E-state index contributed by atoms with van der Waals surface area (Å²) in [4.78, 5) is 28.8. The Kier molecular flexibility index (Phi) is 7.38. The Morgan fingerprint density at radius 2 is 1.77 bits per heavy atom. The molecule has 6 nitrogen and oxygen atoms in total. The normalized spacial score (nSPS) is 22.2. The highest BCUT2D eigenvalue weighted by molar-refractivity contribution is 7.16. The van der Waals surface area contributed by atoms with Crippen LogP contribution in [0.3, 0.4) is 0 Å². The molecule has 0 unspecified atom stereocenters. The van der Waals surface area contributed by atoms with Gasteiger partial charge in [0, 0.05) is 46.6 Å². The van der Waals surface area contributed by atoms with Gasteiger partial charge in [0.15, 0.2) is 0 Å². The van der Waals surface area contributed by atoms with E-state index in [9.17, 15) is 9.59 Å². The minimum Gasteiger partial charge on any atom is -0.342 e. The van der Waals surface area contributed by atoms with Gasteiger partial charge in [-0.1, -0.05) is 23.2 Å². The van der Waals surface area contributed by atoms with Crippen molar-refractivity contribution in [1.82, 2.24) is 15.5 Å². The fourth-order valence-corrected chi connectivity index (χ4v) is 5.68. The Morgan fingerprint density at radius 3 is 2.45 bits per heavy atom. The summed E-state index contributed by atoms with van der Waals surface area (Å²) in [6, 6.07) is 10.5. The van der Waals surface area contributed by atoms with E-state index in [4.69, 9.17) is 23.2 Å². The molecule has 2 aromatic rings. The van der Waals surface area contributed by atoms with Crippen molar-refractivity contribution in [2.45, 2.75) is 31.2 Å². The van der Waals surface area contributed by atoms with Gasteiger partial charge in [-0.3, -0.25) is 4.79 Å². The van der Waals surface area contributed by atoms with Crippen LogP contribution >= 0.6 is 34.5 Å². The maximum atomic E-state index is 13.1. The van der Waals surface area contributed by atoms with Gasteiger partial charge in [0.1, 0.15) is 0 Å². The Balaban J connectivity index is 1.44. The van der Waals surface area contributed by atoms with Crippen molar-refractivity contribution in [3.05, 3.63) is 50.6 Å². The number of urea groups is 1. The lowest BCUT2D eigenvalue weighted by Gasteiger charge is -2.40. The predicted octanol–water partition coefficient (Wildman–Crippen LogP) is 4.56. The molecule has 2 saturated heterocycles. The molecule has 3 heterocycles. The second-order valence-corrected chi connectivity index (χ2v) is 10.2. The number of nitrogens with zero attached hydrogens (tertiary/aromatic N) is 1. The number of halogens is 2. The van der Waals surface area contributed by atoms with Crippen molar-refractivity contribution in [2.75, 3.05) is 31.5 Å². The van der Waals surface area contributed by atoms with E-state index < -0.39 is 0 Å². The average molecular weight is 481 g/mol. The smallest absolute Gasteiger partial charge is 0.319 e. The lowest BCUT2D eigenvalue weighted by atomic mass is 9.88. The van der Waals surface area contributed by atoms with Crippen molar-refractivity contribution < 1.29 is 9.59 Å². The van der Waals surface area contributed by atoms with Crippen LogP contribution in [-0.2, 0) is 4.79 Å². The third-order valence-corrected chi connectivity index (χ3v) is 7.61. The third kappa shape index (κ3) is 5.71. The zero-order valence-corrected chi connectivity index (χ0v) is 19.4. The molecule has 166 valence electrons. The summed E-state index contributed by atoms with van der Waals surface area (Å²) >= 11 is 13.6. The Labute approximate surface area is 196 Å². The predicted molar refractivity (Wildman–Crippen MR) is 126 cm³/mol. The fourth-order valence-electron chi connectivity index (χ4n) is 4.34. The van der Waals surface area contributed by atoms with Gasteiger partial charge < -0.3 is 20.9 Å². The number of likely N-dealkylation sites (tertiary alicyclic amines) is 1. The first-order valence-electron chi connectivity index (χ1n) is 10.6. The minimum absolute atomic E-state index is 0.00730. The number of anilines is 1. The molecule has 0 saturated carbocycles. The SMILES string of the molecule is O=C(Nc1ccc(Cl)cc1)N[C@@H]1CCN(C(=O)C2CCNCC2)C[C@H]1c1ccc(Cl)s1. The molecule has 0 spiro atoms. The van der Waals surface area contributed by atoms with Crippen LogP contribution in [0.25, 0.3) is 0 Å². The standard InChI is InChI=1S/C22H26Cl2N4O2S/c23-15-1-3-16(4-2-15)26-22(30)27-18-9-12-28(21(29)14-7-10-25-11-8-14)13-17(18)19-5-6-20(24)31-19/h1-6,14,17-18,25H,7-13H2,(H2,26,27,30)/t17-,18-/m1/s1. The number of amides is 3. The third-order valence-electron chi connectivity index (χ3n) is 5.99. The molecule has 3 amide bonds. The van der Waals surface area contributed by atoms with E-state index in [0.717, 1.165) is 30.8 Å². The Bertz CT molecular complexity index is 914. The van der Waals surface area contributed by atoms with E-state index in [-0.39, 0.29) is 29.8 Å². The number of hydrogen-bond acceptors (Lipinski definition) is 4. The molecule has 0 radical (unpaired) electrons. The highest BCUT2D eigenvalue weighted by Gasteiger charge is 2.36. The monoisotopic (exact) mass is 480 g/mol. The summed E-state index contributed by atoms with van der Waals surface area (Å²) in [5.74, 6) is 0.331. The molecule has 4 rings (SSSR count). The van der Waals surface area contributed by atoms with Gasteiger partial charge in [-0.05, 0) is 68.8 Å². The number of thiophene rings is 1. The number of piperidine rings is 2. The highest BCUT2D eigenvalue weighted by Crippen LogP contribution is 2.35. The van der Waals surface area contributed by atoms with E-state index in [1.807, 2.05) is 17.0 Å². The van der Waals surface area contributed by atoms with Crippen LogP contribution in [-0.4, -0.2) is 49.1 Å². The summed E-state index contributed by atoms with van der Waals surface area (Å²) in [5.41, 5.74) is 0.677. The van der Waals surface area contributed by atoms with Gasteiger partial charge in [0.2, 0.25) is 5.91 Å². The molecular formula is C22H26Cl2N4O2S. The summed E-state index contributed by atoms with van der Waals surface area (Å²) in [5, 5.41) is 9.90. The molecule has 2 fully saturated rings. The second-order valence-electron chi connectivity index (χ2n) is 8.06. The number of carbonyl (C=O) groups excluding carboxylic acids is 2. The molecule has 1 aromatic heterocycles. The van der Waals surface area contributed by atoms with Crippen LogP contribution < -0.4 is 16.0 Å². The van der Waals surface area contributed by atoms with Gasteiger partial charge in [0.05, 0.1) is 4.34 Å². The molecule has 9 heteroatoms. The van der Waals surface area contributed by atoms with E-state index in [0.29, 0.717) is 34.6 Å². The maximum Gasteiger partial charge on any atom is 0.319 e. The maximum absolute atomic E-state index is 13.1. The van der Waals surface area contributed by atoms with Gasteiger partial charge in [-0.15, -0.1) is 11.3 Å². The van der Waals surface area contributed by atoms with Crippen molar-refractivity contribution in [3.8, 4) is 0 Å².